The number of hydrogen-bond acceptors (Lipinski definition) is 2. The number of hydrogen-bond donors (Lipinski definition) is 0. The quantitative estimate of drug-likeness (QED) is 0.599. The molecule has 2 rings (SSSR count). The summed E-state index contributed by atoms with van der Waals surface area (Å²) in [5, 5.41) is 0. The number of rotatable bonds is 2. The molecule has 0 unspecified atom stereocenters. The van der Waals surface area contributed by atoms with Crippen molar-refractivity contribution in [2.45, 2.75) is 12.8 Å². The van der Waals surface area contributed by atoms with Gasteiger partial charge in [0, 0.05) is 18.5 Å². The molecular weight excluding hydrogens is 152 g/mol. The highest BCUT2D eigenvalue weighted by Gasteiger charge is 2.40. The van der Waals surface area contributed by atoms with Crippen LogP contribution < -0.4 is 5.73 Å². The molecule has 0 aromatic carbocycles. The lowest BCUT2D eigenvalue weighted by molar-refractivity contribution is -0.139. The zero-order valence-electron chi connectivity index (χ0n) is 7.51. The molecule has 0 aromatic rings. The zero-order valence-corrected chi connectivity index (χ0v) is 7.51. The highest BCUT2D eigenvalue weighted by Crippen LogP contribution is 2.38. The van der Waals surface area contributed by atoms with E-state index in [4.69, 9.17) is 10.5 Å². The maximum atomic E-state index is 7.13. The standard InChI is InChI=1S/C9H17N2O/c10-3-6-11-4-1-9(2-5-11)7-12-8-9/h10H,1-8H2. The van der Waals surface area contributed by atoms with E-state index < -0.39 is 0 Å². The second-order valence-electron chi connectivity index (χ2n) is 4.08. The van der Waals surface area contributed by atoms with Crippen LogP contribution in [-0.4, -0.2) is 44.3 Å². The number of ether oxygens (including phenoxy) is 1. The third-order valence-corrected chi connectivity index (χ3v) is 3.16. The Morgan fingerprint density at radius 2 is 1.92 bits per heavy atom. The summed E-state index contributed by atoms with van der Waals surface area (Å²) in [6, 6.07) is 0. The van der Waals surface area contributed by atoms with Crippen LogP contribution in [-0.2, 0) is 4.74 Å². The van der Waals surface area contributed by atoms with Crippen LogP contribution in [0.15, 0.2) is 0 Å². The second kappa shape index (κ2) is 3.32. The van der Waals surface area contributed by atoms with E-state index in [1.165, 1.54) is 25.9 Å². The van der Waals surface area contributed by atoms with Gasteiger partial charge in [-0.05, 0) is 25.9 Å². The summed E-state index contributed by atoms with van der Waals surface area (Å²) in [5.74, 6) is 0. The summed E-state index contributed by atoms with van der Waals surface area (Å²) >= 11 is 0. The Labute approximate surface area is 73.9 Å². The van der Waals surface area contributed by atoms with Crippen molar-refractivity contribution in [3.05, 3.63) is 0 Å². The minimum Gasteiger partial charge on any atom is -0.380 e. The van der Waals surface area contributed by atoms with Crippen molar-refractivity contribution in [3.63, 3.8) is 0 Å². The average Bonchev–Trinajstić information content (AvgIpc) is 2.04. The number of piperidine rings is 1. The van der Waals surface area contributed by atoms with Gasteiger partial charge >= 0.3 is 0 Å². The molecule has 2 fully saturated rings. The first-order chi connectivity index (χ1) is 5.85. The Balaban J connectivity index is 1.77. The summed E-state index contributed by atoms with van der Waals surface area (Å²) in [5.41, 5.74) is 7.68. The van der Waals surface area contributed by atoms with E-state index in [2.05, 4.69) is 4.90 Å². The van der Waals surface area contributed by atoms with Crippen LogP contribution in [0.1, 0.15) is 12.8 Å². The number of nitrogens with one attached hydrogen (secondary N) is 1. The number of nitrogens with zero attached hydrogens (tertiary/aromatic N) is 1. The highest BCUT2D eigenvalue weighted by atomic mass is 16.5. The molecule has 69 valence electrons. The number of likely N-dealkylation sites (tertiary alicyclic amines) is 1. The van der Waals surface area contributed by atoms with Crippen molar-refractivity contribution in [2.24, 2.45) is 5.41 Å². The summed E-state index contributed by atoms with van der Waals surface area (Å²) in [7, 11) is 0. The molecule has 2 aliphatic rings. The van der Waals surface area contributed by atoms with Gasteiger partial charge in [-0.2, -0.15) is 0 Å². The Bertz CT molecular complexity index is 147. The fourth-order valence-electron chi connectivity index (χ4n) is 2.09. The Kier molecular flexibility index (Phi) is 2.35. The zero-order chi connectivity index (χ0) is 8.44. The van der Waals surface area contributed by atoms with Gasteiger partial charge in [0.05, 0.1) is 13.2 Å². The lowest BCUT2D eigenvalue weighted by Gasteiger charge is -2.47. The largest absolute Gasteiger partial charge is 0.380 e. The van der Waals surface area contributed by atoms with Crippen LogP contribution in [0.4, 0.5) is 0 Å². The molecule has 1 N–H and O–H groups in total. The van der Waals surface area contributed by atoms with Crippen LogP contribution in [0.3, 0.4) is 0 Å². The van der Waals surface area contributed by atoms with Crippen LogP contribution in [0.2, 0.25) is 0 Å². The lowest BCUT2D eigenvalue weighted by Crippen LogP contribution is -2.51. The third-order valence-electron chi connectivity index (χ3n) is 3.16. The fraction of sp³-hybridized carbons (Fsp3) is 1.00. The summed E-state index contributed by atoms with van der Waals surface area (Å²) < 4.78 is 5.26. The van der Waals surface area contributed by atoms with Crippen molar-refractivity contribution >= 4 is 0 Å². The molecule has 12 heavy (non-hydrogen) atoms. The molecule has 3 heteroatoms. The SMILES string of the molecule is [NH]CCN1CCC2(CC1)COC2. The first-order valence-corrected chi connectivity index (χ1v) is 4.79. The van der Waals surface area contributed by atoms with E-state index in [1.54, 1.807) is 0 Å². The Morgan fingerprint density at radius 3 is 2.33 bits per heavy atom. The third kappa shape index (κ3) is 1.49. The molecule has 0 saturated carbocycles. The summed E-state index contributed by atoms with van der Waals surface area (Å²) in [4.78, 5) is 2.40. The van der Waals surface area contributed by atoms with Gasteiger partial charge in [-0.1, -0.05) is 0 Å². The topological polar surface area (TPSA) is 36.3 Å². The molecule has 0 bridgehead atoms. The maximum absolute atomic E-state index is 7.13. The van der Waals surface area contributed by atoms with Gasteiger partial charge in [-0.25, -0.2) is 0 Å². The Morgan fingerprint density at radius 1 is 1.25 bits per heavy atom. The summed E-state index contributed by atoms with van der Waals surface area (Å²) in [6.45, 7) is 5.84. The maximum Gasteiger partial charge on any atom is 0.0545 e. The lowest BCUT2D eigenvalue weighted by atomic mass is 9.77. The van der Waals surface area contributed by atoms with Gasteiger partial charge in [0.1, 0.15) is 0 Å². The smallest absolute Gasteiger partial charge is 0.0545 e. The minimum absolute atomic E-state index is 0.545. The highest BCUT2D eigenvalue weighted by molar-refractivity contribution is 4.90. The van der Waals surface area contributed by atoms with Crippen molar-refractivity contribution < 1.29 is 4.74 Å². The molecule has 0 amide bonds. The average molecular weight is 169 g/mol. The van der Waals surface area contributed by atoms with E-state index in [-0.39, 0.29) is 0 Å². The Hall–Kier alpha value is -0.120. The molecule has 2 saturated heterocycles. The van der Waals surface area contributed by atoms with Gasteiger partial charge in [-0.3, -0.25) is 5.73 Å². The van der Waals surface area contributed by atoms with Crippen molar-refractivity contribution in [2.75, 3.05) is 39.4 Å². The molecule has 0 aliphatic carbocycles. The molecule has 0 atom stereocenters. The van der Waals surface area contributed by atoms with E-state index in [0.29, 0.717) is 12.0 Å². The van der Waals surface area contributed by atoms with Gasteiger partial charge < -0.3 is 9.64 Å². The molecule has 3 nitrogen and oxygen atoms in total. The van der Waals surface area contributed by atoms with Crippen molar-refractivity contribution in [1.82, 2.24) is 10.6 Å². The molecule has 2 aliphatic heterocycles. The predicted molar refractivity (Wildman–Crippen MR) is 46.9 cm³/mol. The molecular formula is C9H17N2O. The van der Waals surface area contributed by atoms with Gasteiger partial charge in [0.25, 0.3) is 0 Å². The molecule has 2 heterocycles. The fourth-order valence-corrected chi connectivity index (χ4v) is 2.09. The van der Waals surface area contributed by atoms with Crippen molar-refractivity contribution in [3.8, 4) is 0 Å². The van der Waals surface area contributed by atoms with E-state index in [9.17, 15) is 0 Å². The molecule has 1 radical (unpaired) electrons. The first kappa shape index (κ1) is 8.48. The minimum atomic E-state index is 0.545. The van der Waals surface area contributed by atoms with E-state index >= 15 is 0 Å². The summed E-state index contributed by atoms with van der Waals surface area (Å²) in [6.07, 6.45) is 2.57. The van der Waals surface area contributed by atoms with Gasteiger partial charge in [0.2, 0.25) is 0 Å². The predicted octanol–water partition coefficient (Wildman–Crippen LogP) is 0.382. The van der Waals surface area contributed by atoms with Gasteiger partial charge in [0.15, 0.2) is 0 Å². The van der Waals surface area contributed by atoms with Gasteiger partial charge in [-0.15, -0.1) is 0 Å². The van der Waals surface area contributed by atoms with Crippen LogP contribution in [0.25, 0.3) is 0 Å². The van der Waals surface area contributed by atoms with Crippen molar-refractivity contribution in [1.29, 1.82) is 0 Å². The normalized spacial score (nSPS) is 28.8. The second-order valence-corrected chi connectivity index (χ2v) is 4.08. The monoisotopic (exact) mass is 169 g/mol. The first-order valence-electron chi connectivity index (χ1n) is 4.79. The van der Waals surface area contributed by atoms with E-state index in [0.717, 1.165) is 19.8 Å². The molecule has 1 spiro atoms. The molecule has 0 aromatic heterocycles. The van der Waals surface area contributed by atoms with E-state index in [1.807, 2.05) is 0 Å². The van der Waals surface area contributed by atoms with Crippen LogP contribution in [0, 0.1) is 5.41 Å². The van der Waals surface area contributed by atoms with Crippen LogP contribution in [0.5, 0.6) is 0 Å². The van der Waals surface area contributed by atoms with Crippen LogP contribution >= 0.6 is 0 Å².